The van der Waals surface area contributed by atoms with Gasteiger partial charge in [0.05, 0.1) is 6.26 Å². The molecule has 3 heterocycles. The van der Waals surface area contributed by atoms with Crippen molar-refractivity contribution in [3.63, 3.8) is 0 Å². The van der Waals surface area contributed by atoms with Crippen LogP contribution in [0.15, 0.2) is 74.9 Å². The van der Waals surface area contributed by atoms with Gasteiger partial charge in [-0.05, 0) is 24.1 Å². The number of nitrogens with one attached hydrogen (secondary N) is 1. The molecule has 0 aliphatic heterocycles. The van der Waals surface area contributed by atoms with Crippen molar-refractivity contribution in [2.75, 3.05) is 0 Å². The molecule has 0 aliphatic carbocycles. The lowest BCUT2D eigenvalue weighted by Crippen LogP contribution is -2.23. The van der Waals surface area contributed by atoms with Crippen LogP contribution in [0.25, 0.3) is 11.4 Å². The molecule has 9 nitrogen and oxygen atoms in total. The molecule has 0 fully saturated rings. The highest BCUT2D eigenvalue weighted by Crippen LogP contribution is 2.18. The SMILES string of the molecule is Cc1occc(=O)c1OCc1ccc(-c2noc(C(=O)NCc3cccnc3)n2)cc1. The summed E-state index contributed by atoms with van der Waals surface area (Å²) in [5, 5.41) is 6.57. The van der Waals surface area contributed by atoms with Crippen LogP contribution in [0, 0.1) is 6.92 Å². The van der Waals surface area contributed by atoms with E-state index < -0.39 is 5.91 Å². The van der Waals surface area contributed by atoms with Crippen molar-refractivity contribution in [1.29, 1.82) is 0 Å². The van der Waals surface area contributed by atoms with E-state index >= 15 is 0 Å². The van der Waals surface area contributed by atoms with Crippen molar-refractivity contribution >= 4 is 5.91 Å². The smallest absolute Gasteiger partial charge is 0.316 e. The molecular formula is C22H18N4O5. The Bertz CT molecular complexity index is 1230. The molecule has 4 rings (SSSR count). The second-order valence-corrected chi connectivity index (χ2v) is 6.62. The number of carbonyl (C=O) groups is 1. The monoisotopic (exact) mass is 418 g/mol. The summed E-state index contributed by atoms with van der Waals surface area (Å²) in [6.45, 7) is 2.17. The fourth-order valence-electron chi connectivity index (χ4n) is 2.77. The zero-order valence-corrected chi connectivity index (χ0v) is 16.6. The van der Waals surface area contributed by atoms with Crippen LogP contribution in [-0.2, 0) is 13.2 Å². The molecule has 156 valence electrons. The van der Waals surface area contributed by atoms with Gasteiger partial charge in [-0.15, -0.1) is 0 Å². The molecule has 0 spiro atoms. The molecule has 31 heavy (non-hydrogen) atoms. The van der Waals surface area contributed by atoms with Crippen LogP contribution in [0.3, 0.4) is 0 Å². The number of rotatable bonds is 7. The fraction of sp³-hybridized carbons (Fsp3) is 0.136. The van der Waals surface area contributed by atoms with Gasteiger partial charge >= 0.3 is 11.8 Å². The molecule has 1 N–H and O–H groups in total. The maximum absolute atomic E-state index is 12.2. The van der Waals surface area contributed by atoms with Crippen molar-refractivity contribution in [2.24, 2.45) is 0 Å². The predicted octanol–water partition coefficient (Wildman–Crippen LogP) is 2.90. The Morgan fingerprint density at radius 1 is 1.13 bits per heavy atom. The first-order chi connectivity index (χ1) is 15.1. The Hall–Kier alpha value is -4.27. The van der Waals surface area contributed by atoms with E-state index in [1.807, 2.05) is 18.2 Å². The number of ether oxygens (including phenoxy) is 1. The highest BCUT2D eigenvalue weighted by atomic mass is 16.5. The summed E-state index contributed by atoms with van der Waals surface area (Å²) >= 11 is 0. The van der Waals surface area contributed by atoms with Gasteiger partial charge in [-0.25, -0.2) is 0 Å². The van der Waals surface area contributed by atoms with Crippen molar-refractivity contribution in [1.82, 2.24) is 20.4 Å². The van der Waals surface area contributed by atoms with E-state index in [0.717, 1.165) is 11.1 Å². The van der Waals surface area contributed by atoms with Gasteiger partial charge in [-0.3, -0.25) is 14.6 Å². The number of hydrogen-bond acceptors (Lipinski definition) is 8. The summed E-state index contributed by atoms with van der Waals surface area (Å²) in [4.78, 5) is 32.2. The molecule has 1 aromatic carbocycles. The van der Waals surface area contributed by atoms with Crippen LogP contribution in [-0.4, -0.2) is 21.0 Å². The third-order valence-corrected chi connectivity index (χ3v) is 4.40. The molecule has 3 aromatic heterocycles. The molecule has 0 unspecified atom stereocenters. The van der Waals surface area contributed by atoms with Crippen LogP contribution < -0.4 is 15.5 Å². The highest BCUT2D eigenvalue weighted by Gasteiger charge is 2.16. The minimum Gasteiger partial charge on any atom is -0.482 e. The molecule has 4 aromatic rings. The number of amides is 1. The van der Waals surface area contributed by atoms with Gasteiger partial charge in [0.1, 0.15) is 12.4 Å². The molecule has 0 saturated heterocycles. The fourth-order valence-corrected chi connectivity index (χ4v) is 2.77. The number of aryl methyl sites for hydroxylation is 1. The standard InChI is InChI=1S/C22H18N4O5/c1-14-19(18(27)8-10-29-14)30-13-15-4-6-17(7-5-15)20-25-22(31-26-20)21(28)24-12-16-3-2-9-23-11-16/h2-11H,12-13H2,1H3,(H,24,28). The summed E-state index contributed by atoms with van der Waals surface area (Å²) in [5.74, 6) is 0.303. The van der Waals surface area contributed by atoms with E-state index in [0.29, 0.717) is 23.7 Å². The topological polar surface area (TPSA) is 120 Å². The third-order valence-electron chi connectivity index (χ3n) is 4.40. The highest BCUT2D eigenvalue weighted by molar-refractivity contribution is 5.89. The first kappa shape index (κ1) is 20.0. The molecule has 0 atom stereocenters. The van der Waals surface area contributed by atoms with Crippen LogP contribution in [0.2, 0.25) is 0 Å². The summed E-state index contributed by atoms with van der Waals surface area (Å²) in [7, 11) is 0. The van der Waals surface area contributed by atoms with Crippen LogP contribution >= 0.6 is 0 Å². The minimum absolute atomic E-state index is 0.127. The lowest BCUT2D eigenvalue weighted by Gasteiger charge is -2.07. The number of carbonyl (C=O) groups excluding carboxylic acids is 1. The average Bonchev–Trinajstić information content (AvgIpc) is 3.29. The van der Waals surface area contributed by atoms with Crippen LogP contribution in [0.5, 0.6) is 5.75 Å². The Labute approximate surface area is 176 Å². The van der Waals surface area contributed by atoms with Gasteiger partial charge < -0.3 is 19.0 Å². The lowest BCUT2D eigenvalue weighted by molar-refractivity contribution is 0.0907. The van der Waals surface area contributed by atoms with E-state index in [1.165, 1.54) is 12.3 Å². The van der Waals surface area contributed by atoms with E-state index in [4.69, 9.17) is 13.7 Å². The molecule has 1 amide bonds. The molecular weight excluding hydrogens is 400 g/mol. The number of pyridine rings is 1. The number of hydrogen-bond donors (Lipinski definition) is 1. The maximum atomic E-state index is 12.2. The molecule has 9 heteroatoms. The van der Waals surface area contributed by atoms with E-state index in [2.05, 4.69) is 20.4 Å². The van der Waals surface area contributed by atoms with Gasteiger partial charge in [-0.1, -0.05) is 35.5 Å². The Morgan fingerprint density at radius 3 is 2.71 bits per heavy atom. The van der Waals surface area contributed by atoms with E-state index in [-0.39, 0.29) is 23.7 Å². The molecule has 0 bridgehead atoms. The second-order valence-electron chi connectivity index (χ2n) is 6.62. The Balaban J connectivity index is 1.37. The average molecular weight is 418 g/mol. The first-order valence-corrected chi connectivity index (χ1v) is 9.41. The first-order valence-electron chi connectivity index (χ1n) is 9.41. The quantitative estimate of drug-likeness (QED) is 0.486. The summed E-state index contributed by atoms with van der Waals surface area (Å²) in [6.07, 6.45) is 4.65. The van der Waals surface area contributed by atoms with Gasteiger partial charge in [0.2, 0.25) is 17.0 Å². The van der Waals surface area contributed by atoms with Crippen molar-refractivity contribution in [3.05, 3.63) is 94.1 Å². The molecule has 0 radical (unpaired) electrons. The van der Waals surface area contributed by atoms with Gasteiger partial charge in [-0.2, -0.15) is 4.98 Å². The largest absolute Gasteiger partial charge is 0.482 e. The van der Waals surface area contributed by atoms with Crippen molar-refractivity contribution < 1.29 is 18.5 Å². The molecule has 0 saturated carbocycles. The summed E-state index contributed by atoms with van der Waals surface area (Å²) in [6, 6.07) is 12.1. The van der Waals surface area contributed by atoms with Gasteiger partial charge in [0.25, 0.3) is 0 Å². The van der Waals surface area contributed by atoms with E-state index in [1.54, 1.807) is 37.5 Å². The maximum Gasteiger partial charge on any atom is 0.316 e. The number of nitrogens with zero attached hydrogens (tertiary/aromatic N) is 3. The zero-order chi connectivity index (χ0) is 21.6. The van der Waals surface area contributed by atoms with Crippen molar-refractivity contribution in [3.8, 4) is 17.1 Å². The van der Waals surface area contributed by atoms with Gasteiger partial charge in [0.15, 0.2) is 0 Å². The predicted molar refractivity (Wildman–Crippen MR) is 109 cm³/mol. The summed E-state index contributed by atoms with van der Waals surface area (Å²) < 4.78 is 15.8. The third kappa shape index (κ3) is 4.84. The van der Waals surface area contributed by atoms with Gasteiger partial charge in [0, 0.05) is 30.6 Å². The molecule has 0 aliphatic rings. The summed E-state index contributed by atoms with van der Waals surface area (Å²) in [5.41, 5.74) is 2.14. The van der Waals surface area contributed by atoms with Crippen molar-refractivity contribution in [2.45, 2.75) is 20.1 Å². The minimum atomic E-state index is -0.468. The Morgan fingerprint density at radius 2 is 1.97 bits per heavy atom. The lowest BCUT2D eigenvalue weighted by atomic mass is 10.1. The second kappa shape index (κ2) is 9.04. The van der Waals surface area contributed by atoms with Crippen LogP contribution in [0.4, 0.5) is 0 Å². The van der Waals surface area contributed by atoms with E-state index in [9.17, 15) is 9.59 Å². The van der Waals surface area contributed by atoms with Crippen LogP contribution in [0.1, 0.15) is 27.6 Å². The number of aromatic nitrogens is 3. The number of benzene rings is 1. The normalized spacial score (nSPS) is 10.6. The Kier molecular flexibility index (Phi) is 5.84. The zero-order valence-electron chi connectivity index (χ0n) is 16.6.